The molecule has 1 N–H and O–H groups in total. The van der Waals surface area contributed by atoms with Crippen molar-refractivity contribution in [3.8, 4) is 0 Å². The van der Waals surface area contributed by atoms with E-state index in [-0.39, 0.29) is 42.1 Å². The molecule has 2 atom stereocenters. The van der Waals surface area contributed by atoms with Gasteiger partial charge < -0.3 is 19.3 Å². The second-order valence-corrected chi connectivity index (χ2v) is 7.83. The normalized spacial score (nSPS) is 23.3. The molecule has 3 heterocycles. The monoisotopic (exact) mass is 400 g/mol. The third-order valence-electron chi connectivity index (χ3n) is 5.91. The molecule has 0 spiro atoms. The van der Waals surface area contributed by atoms with Crippen LogP contribution in [0.5, 0.6) is 0 Å². The standard InChI is InChI=1S/C21H21FN2O5/c22-17-3-1-2-14(6-17)7-18(26)23-8-16-9-24(12-21(16,11-23)13-25)20(28)15-4-5-19(27)29-10-15/h1-6,10,16,25H,7-9,11-13H2/t16-,21+/m1/s1. The van der Waals surface area contributed by atoms with E-state index in [4.69, 9.17) is 4.42 Å². The number of likely N-dealkylation sites (tertiary alicyclic amines) is 2. The third kappa shape index (κ3) is 3.67. The molecule has 8 heteroatoms. The average Bonchev–Trinajstić information content (AvgIpc) is 3.23. The molecule has 29 heavy (non-hydrogen) atoms. The maximum atomic E-state index is 13.4. The lowest BCUT2D eigenvalue weighted by Gasteiger charge is -2.27. The van der Waals surface area contributed by atoms with E-state index in [9.17, 15) is 23.9 Å². The second kappa shape index (κ2) is 7.44. The first-order valence-electron chi connectivity index (χ1n) is 9.41. The Labute approximate surface area is 166 Å². The quantitative estimate of drug-likeness (QED) is 0.824. The van der Waals surface area contributed by atoms with Crippen LogP contribution in [0.1, 0.15) is 15.9 Å². The SMILES string of the molecule is O=C(Cc1cccc(F)c1)N1C[C@@H]2CN(C(=O)c3ccc(=O)oc3)C[C@]2(CO)C1. The van der Waals surface area contributed by atoms with E-state index in [1.54, 1.807) is 21.9 Å². The summed E-state index contributed by atoms with van der Waals surface area (Å²) in [5, 5.41) is 10.1. The fraction of sp³-hybridized carbons (Fsp3) is 0.381. The van der Waals surface area contributed by atoms with Gasteiger partial charge in [0.2, 0.25) is 5.91 Å². The predicted molar refractivity (Wildman–Crippen MR) is 101 cm³/mol. The Hall–Kier alpha value is -3.00. The summed E-state index contributed by atoms with van der Waals surface area (Å²) >= 11 is 0. The van der Waals surface area contributed by atoms with Gasteiger partial charge in [0.15, 0.2) is 0 Å². The van der Waals surface area contributed by atoms with E-state index >= 15 is 0 Å². The molecule has 2 aliphatic heterocycles. The van der Waals surface area contributed by atoms with Crippen LogP contribution in [0.3, 0.4) is 0 Å². The van der Waals surface area contributed by atoms with E-state index in [2.05, 4.69) is 0 Å². The van der Waals surface area contributed by atoms with Crippen molar-refractivity contribution in [3.63, 3.8) is 0 Å². The van der Waals surface area contributed by atoms with Crippen LogP contribution in [0.15, 0.2) is 51.9 Å². The number of halogens is 1. The molecule has 7 nitrogen and oxygen atoms in total. The highest BCUT2D eigenvalue weighted by molar-refractivity contribution is 5.94. The first-order chi connectivity index (χ1) is 13.9. The van der Waals surface area contributed by atoms with Crippen molar-refractivity contribution in [1.82, 2.24) is 9.80 Å². The molecule has 2 aliphatic rings. The van der Waals surface area contributed by atoms with Gasteiger partial charge in [0.05, 0.1) is 18.6 Å². The van der Waals surface area contributed by atoms with Crippen molar-refractivity contribution in [2.24, 2.45) is 11.3 Å². The molecule has 2 aromatic rings. The molecule has 0 bridgehead atoms. The minimum Gasteiger partial charge on any atom is -0.430 e. The molecule has 2 saturated heterocycles. The topological polar surface area (TPSA) is 91.1 Å². The van der Waals surface area contributed by atoms with Gasteiger partial charge in [-0.15, -0.1) is 0 Å². The molecule has 0 aliphatic carbocycles. The number of aliphatic hydroxyl groups excluding tert-OH is 1. The van der Waals surface area contributed by atoms with Crippen molar-refractivity contribution in [1.29, 1.82) is 0 Å². The number of hydrogen-bond donors (Lipinski definition) is 1. The lowest BCUT2D eigenvalue weighted by atomic mass is 9.82. The minimum atomic E-state index is -0.580. The number of benzene rings is 1. The number of fused-ring (bicyclic) bond motifs is 1. The number of aliphatic hydroxyl groups is 1. The number of nitrogens with zero attached hydrogens (tertiary/aromatic N) is 2. The van der Waals surface area contributed by atoms with Crippen molar-refractivity contribution >= 4 is 11.8 Å². The van der Waals surface area contributed by atoms with E-state index in [1.807, 2.05) is 0 Å². The van der Waals surface area contributed by atoms with Crippen molar-refractivity contribution in [2.75, 3.05) is 32.8 Å². The highest BCUT2D eigenvalue weighted by Gasteiger charge is 2.54. The summed E-state index contributed by atoms with van der Waals surface area (Å²) < 4.78 is 18.1. The van der Waals surface area contributed by atoms with E-state index in [0.29, 0.717) is 31.7 Å². The number of carbonyl (C=O) groups is 2. The van der Waals surface area contributed by atoms with Crippen LogP contribution in [0, 0.1) is 17.2 Å². The first kappa shape index (κ1) is 19.3. The fourth-order valence-electron chi connectivity index (χ4n) is 4.34. The van der Waals surface area contributed by atoms with Gasteiger partial charge in [-0.1, -0.05) is 12.1 Å². The van der Waals surface area contributed by atoms with E-state index in [0.717, 1.165) is 6.26 Å². The molecular weight excluding hydrogens is 379 g/mol. The van der Waals surface area contributed by atoms with Gasteiger partial charge in [0.25, 0.3) is 5.91 Å². The molecule has 2 fully saturated rings. The number of hydrogen-bond acceptors (Lipinski definition) is 5. The predicted octanol–water partition coefficient (Wildman–Crippen LogP) is 0.914. The van der Waals surface area contributed by atoms with Crippen molar-refractivity contribution in [3.05, 3.63) is 70.0 Å². The highest BCUT2D eigenvalue weighted by atomic mass is 19.1. The van der Waals surface area contributed by atoms with Crippen LogP contribution < -0.4 is 5.63 Å². The van der Waals surface area contributed by atoms with Crippen LogP contribution in [-0.4, -0.2) is 59.5 Å². The van der Waals surface area contributed by atoms with Gasteiger partial charge in [-0.05, 0) is 23.8 Å². The van der Waals surface area contributed by atoms with Gasteiger partial charge in [-0.25, -0.2) is 9.18 Å². The summed E-state index contributed by atoms with van der Waals surface area (Å²) in [4.78, 5) is 39.8. The van der Waals surface area contributed by atoms with Crippen LogP contribution >= 0.6 is 0 Å². The average molecular weight is 400 g/mol. The number of rotatable bonds is 4. The highest BCUT2D eigenvalue weighted by Crippen LogP contribution is 2.42. The second-order valence-electron chi connectivity index (χ2n) is 7.83. The van der Waals surface area contributed by atoms with Crippen LogP contribution in [0.25, 0.3) is 0 Å². The van der Waals surface area contributed by atoms with Crippen molar-refractivity contribution in [2.45, 2.75) is 6.42 Å². The summed E-state index contributed by atoms with van der Waals surface area (Å²) in [6.07, 6.45) is 1.23. The molecular formula is C21H21FN2O5. The van der Waals surface area contributed by atoms with Gasteiger partial charge in [-0.2, -0.15) is 0 Å². The maximum Gasteiger partial charge on any atom is 0.335 e. The van der Waals surface area contributed by atoms with Gasteiger partial charge >= 0.3 is 5.63 Å². The number of amides is 2. The van der Waals surface area contributed by atoms with Gasteiger partial charge in [0.1, 0.15) is 12.1 Å². The lowest BCUT2D eigenvalue weighted by Crippen LogP contribution is -2.40. The van der Waals surface area contributed by atoms with Crippen LogP contribution in [0.4, 0.5) is 4.39 Å². The zero-order valence-electron chi connectivity index (χ0n) is 15.7. The Bertz CT molecular complexity index is 986. The Balaban J connectivity index is 1.44. The van der Waals surface area contributed by atoms with Crippen molar-refractivity contribution < 1.29 is 23.5 Å². The summed E-state index contributed by atoms with van der Waals surface area (Å²) in [7, 11) is 0. The summed E-state index contributed by atoms with van der Waals surface area (Å²) in [5.74, 6) is -0.830. The smallest absolute Gasteiger partial charge is 0.335 e. The Morgan fingerprint density at radius 3 is 2.59 bits per heavy atom. The summed E-state index contributed by atoms with van der Waals surface area (Å²) in [5.41, 5.74) is -0.230. The molecule has 0 unspecified atom stereocenters. The molecule has 1 aromatic carbocycles. The molecule has 2 amide bonds. The summed E-state index contributed by atoms with van der Waals surface area (Å²) in [6.45, 7) is 1.35. The zero-order valence-corrected chi connectivity index (χ0v) is 15.7. The zero-order chi connectivity index (χ0) is 20.6. The molecule has 4 rings (SSSR count). The van der Waals surface area contributed by atoms with Gasteiger partial charge in [-0.3, -0.25) is 9.59 Å². The Morgan fingerprint density at radius 1 is 1.17 bits per heavy atom. The number of carbonyl (C=O) groups excluding carboxylic acids is 2. The van der Waals surface area contributed by atoms with E-state index in [1.165, 1.54) is 24.3 Å². The first-order valence-corrected chi connectivity index (χ1v) is 9.41. The molecule has 152 valence electrons. The largest absolute Gasteiger partial charge is 0.430 e. The lowest BCUT2D eigenvalue weighted by molar-refractivity contribution is -0.130. The minimum absolute atomic E-state index is 0.0522. The van der Waals surface area contributed by atoms with Crippen LogP contribution in [-0.2, 0) is 11.2 Å². The molecule has 0 radical (unpaired) electrons. The third-order valence-corrected chi connectivity index (χ3v) is 5.91. The molecule has 0 saturated carbocycles. The van der Waals surface area contributed by atoms with Gasteiger partial charge in [0, 0.05) is 43.6 Å². The van der Waals surface area contributed by atoms with Crippen LogP contribution in [0.2, 0.25) is 0 Å². The Morgan fingerprint density at radius 2 is 1.93 bits per heavy atom. The Kier molecular flexibility index (Phi) is 4.96. The molecule has 1 aromatic heterocycles. The van der Waals surface area contributed by atoms with E-state index < -0.39 is 11.0 Å². The maximum absolute atomic E-state index is 13.4. The fourth-order valence-corrected chi connectivity index (χ4v) is 4.34. The summed E-state index contributed by atoms with van der Waals surface area (Å²) in [6, 6.07) is 8.56.